The average molecular weight is 319 g/mol. The van der Waals surface area contributed by atoms with Crippen LogP contribution in [0.2, 0.25) is 5.02 Å². The number of rotatable bonds is 4. The normalized spacial score (nSPS) is 20.0. The summed E-state index contributed by atoms with van der Waals surface area (Å²) in [6.45, 7) is 0.277. The van der Waals surface area contributed by atoms with Crippen LogP contribution in [0.1, 0.15) is 12.8 Å². The number of halogens is 1. The van der Waals surface area contributed by atoms with Crippen LogP contribution >= 0.6 is 11.6 Å². The van der Waals surface area contributed by atoms with E-state index in [2.05, 4.69) is 0 Å². The van der Waals surface area contributed by atoms with E-state index in [4.69, 9.17) is 22.1 Å². The zero-order chi connectivity index (χ0) is 14.9. The van der Waals surface area contributed by atoms with Gasteiger partial charge in [0.15, 0.2) is 0 Å². The maximum atomic E-state index is 12.5. The van der Waals surface area contributed by atoms with E-state index in [-0.39, 0.29) is 16.5 Å². The number of methoxy groups -OCH3 is 1. The van der Waals surface area contributed by atoms with Gasteiger partial charge in [-0.25, -0.2) is 8.42 Å². The molecule has 1 aliphatic rings. The molecule has 0 spiro atoms. The molecule has 1 atom stereocenters. The number of carbonyl (C=O) groups is 1. The Morgan fingerprint density at radius 3 is 2.75 bits per heavy atom. The molecule has 0 aromatic heterocycles. The summed E-state index contributed by atoms with van der Waals surface area (Å²) in [6, 6.07) is 3.40. The summed E-state index contributed by atoms with van der Waals surface area (Å²) in [7, 11) is -2.34. The van der Waals surface area contributed by atoms with Crippen molar-refractivity contribution in [2.24, 2.45) is 5.73 Å². The Hall–Kier alpha value is -1.31. The molecule has 0 aliphatic carbocycles. The molecule has 20 heavy (non-hydrogen) atoms. The summed E-state index contributed by atoms with van der Waals surface area (Å²) in [5, 5.41) is 0.198. The van der Waals surface area contributed by atoms with Crippen molar-refractivity contribution in [1.82, 2.24) is 4.31 Å². The van der Waals surface area contributed by atoms with Gasteiger partial charge in [0, 0.05) is 6.54 Å². The first-order valence-corrected chi connectivity index (χ1v) is 7.84. The van der Waals surface area contributed by atoms with Crippen LogP contribution in [-0.4, -0.2) is 38.3 Å². The average Bonchev–Trinajstić information content (AvgIpc) is 2.88. The zero-order valence-electron chi connectivity index (χ0n) is 10.9. The Balaban J connectivity index is 2.40. The van der Waals surface area contributed by atoms with Crippen molar-refractivity contribution in [1.29, 1.82) is 0 Å². The van der Waals surface area contributed by atoms with Crippen molar-refractivity contribution >= 4 is 27.5 Å². The molecule has 2 rings (SSSR count). The SMILES string of the molecule is COc1ccc(S(=O)(=O)N2CCC[C@H]2C(N)=O)cc1Cl. The van der Waals surface area contributed by atoms with Crippen molar-refractivity contribution in [3.05, 3.63) is 23.2 Å². The van der Waals surface area contributed by atoms with Crippen LogP contribution in [0.3, 0.4) is 0 Å². The highest BCUT2D eigenvalue weighted by Gasteiger charge is 2.38. The first-order valence-electron chi connectivity index (χ1n) is 6.02. The molecule has 6 nitrogen and oxygen atoms in total. The summed E-state index contributed by atoms with van der Waals surface area (Å²) in [5.41, 5.74) is 5.25. The number of hydrogen-bond donors (Lipinski definition) is 1. The number of benzene rings is 1. The van der Waals surface area contributed by atoms with E-state index >= 15 is 0 Å². The van der Waals surface area contributed by atoms with Gasteiger partial charge in [0.25, 0.3) is 0 Å². The quantitative estimate of drug-likeness (QED) is 0.896. The third-order valence-electron chi connectivity index (χ3n) is 3.26. The lowest BCUT2D eigenvalue weighted by atomic mass is 10.2. The number of nitrogens with two attached hydrogens (primary N) is 1. The molecule has 110 valence electrons. The second-order valence-corrected chi connectivity index (χ2v) is 6.77. The lowest BCUT2D eigenvalue weighted by Gasteiger charge is -2.21. The largest absolute Gasteiger partial charge is 0.495 e. The van der Waals surface area contributed by atoms with Gasteiger partial charge < -0.3 is 10.5 Å². The summed E-state index contributed by atoms with van der Waals surface area (Å²) in [5.74, 6) is -0.246. The minimum Gasteiger partial charge on any atom is -0.495 e. The summed E-state index contributed by atoms with van der Waals surface area (Å²) in [6.07, 6.45) is 1.05. The molecule has 0 saturated carbocycles. The fourth-order valence-corrected chi connectivity index (χ4v) is 4.27. The molecule has 8 heteroatoms. The van der Waals surface area contributed by atoms with Crippen molar-refractivity contribution in [3.8, 4) is 5.75 Å². The Morgan fingerprint density at radius 2 is 2.20 bits per heavy atom. The van der Waals surface area contributed by atoms with E-state index in [9.17, 15) is 13.2 Å². The van der Waals surface area contributed by atoms with Gasteiger partial charge in [0.2, 0.25) is 15.9 Å². The smallest absolute Gasteiger partial charge is 0.243 e. The molecule has 1 heterocycles. The van der Waals surface area contributed by atoms with Gasteiger partial charge in [-0.2, -0.15) is 4.31 Å². The summed E-state index contributed by atoms with van der Waals surface area (Å²) >= 11 is 5.94. The fourth-order valence-electron chi connectivity index (χ4n) is 2.26. The molecule has 1 aliphatic heterocycles. The van der Waals surface area contributed by atoms with E-state index in [0.717, 1.165) is 4.31 Å². The van der Waals surface area contributed by atoms with E-state index < -0.39 is 22.0 Å². The standard InChI is InChI=1S/C12H15ClN2O4S/c1-19-11-5-4-8(7-9(11)13)20(17,18)15-6-2-3-10(15)12(14)16/h4-5,7,10H,2-3,6H2,1H3,(H2,14,16)/t10-/m0/s1. The molecule has 0 unspecified atom stereocenters. The molecular formula is C12H15ClN2O4S. The van der Waals surface area contributed by atoms with Crippen LogP contribution in [0, 0.1) is 0 Å². The van der Waals surface area contributed by atoms with Gasteiger partial charge in [-0.1, -0.05) is 11.6 Å². The number of hydrogen-bond acceptors (Lipinski definition) is 4. The summed E-state index contributed by atoms with van der Waals surface area (Å²) in [4.78, 5) is 11.4. The second kappa shape index (κ2) is 5.59. The molecule has 1 aromatic carbocycles. The molecule has 1 fully saturated rings. The van der Waals surface area contributed by atoms with Crippen LogP contribution < -0.4 is 10.5 Å². The van der Waals surface area contributed by atoms with Crippen molar-refractivity contribution in [2.75, 3.05) is 13.7 Å². The number of primary amides is 1. The number of carbonyl (C=O) groups excluding carboxylic acids is 1. The third-order valence-corrected chi connectivity index (χ3v) is 5.46. The van der Waals surface area contributed by atoms with Gasteiger partial charge in [-0.15, -0.1) is 0 Å². The van der Waals surface area contributed by atoms with Crippen LogP contribution in [0.5, 0.6) is 5.75 Å². The molecule has 1 aromatic rings. The van der Waals surface area contributed by atoms with Gasteiger partial charge >= 0.3 is 0 Å². The first-order chi connectivity index (χ1) is 9.37. The fraction of sp³-hybridized carbons (Fsp3) is 0.417. The predicted octanol–water partition coefficient (Wildman–Crippen LogP) is 0.987. The number of amides is 1. The highest BCUT2D eigenvalue weighted by atomic mass is 35.5. The molecule has 1 saturated heterocycles. The molecule has 2 N–H and O–H groups in total. The highest BCUT2D eigenvalue weighted by Crippen LogP contribution is 2.31. The van der Waals surface area contributed by atoms with Crippen LogP contribution in [0.25, 0.3) is 0 Å². The van der Waals surface area contributed by atoms with Crippen LogP contribution in [0.4, 0.5) is 0 Å². The maximum Gasteiger partial charge on any atom is 0.243 e. The molecule has 0 radical (unpaired) electrons. The summed E-state index contributed by atoms with van der Waals surface area (Å²) < 4.78 is 31.2. The van der Waals surface area contributed by atoms with Crippen molar-refractivity contribution in [2.45, 2.75) is 23.8 Å². The van der Waals surface area contributed by atoms with Crippen LogP contribution in [-0.2, 0) is 14.8 Å². The van der Waals surface area contributed by atoms with Crippen molar-refractivity contribution in [3.63, 3.8) is 0 Å². The lowest BCUT2D eigenvalue weighted by molar-refractivity contribution is -0.121. The van der Waals surface area contributed by atoms with Crippen LogP contribution in [0.15, 0.2) is 23.1 Å². The van der Waals surface area contributed by atoms with E-state index in [1.54, 1.807) is 0 Å². The van der Waals surface area contributed by atoms with Gasteiger partial charge in [-0.05, 0) is 31.0 Å². The molecule has 1 amide bonds. The van der Waals surface area contributed by atoms with E-state index in [0.29, 0.717) is 18.6 Å². The lowest BCUT2D eigenvalue weighted by Crippen LogP contribution is -2.43. The number of nitrogens with zero attached hydrogens (tertiary/aromatic N) is 1. The minimum absolute atomic E-state index is 0.0245. The Bertz CT molecular complexity index is 632. The van der Waals surface area contributed by atoms with E-state index in [1.807, 2.05) is 0 Å². The van der Waals surface area contributed by atoms with Crippen molar-refractivity contribution < 1.29 is 17.9 Å². The molecule has 0 bridgehead atoms. The highest BCUT2D eigenvalue weighted by molar-refractivity contribution is 7.89. The van der Waals surface area contributed by atoms with Gasteiger partial charge in [-0.3, -0.25) is 4.79 Å². The predicted molar refractivity (Wildman–Crippen MR) is 74.1 cm³/mol. The maximum absolute atomic E-state index is 12.5. The van der Waals surface area contributed by atoms with Gasteiger partial charge in [0.05, 0.1) is 17.0 Å². The van der Waals surface area contributed by atoms with Gasteiger partial charge in [0.1, 0.15) is 11.8 Å². The zero-order valence-corrected chi connectivity index (χ0v) is 12.4. The van der Waals surface area contributed by atoms with E-state index in [1.165, 1.54) is 25.3 Å². The Labute approximate surface area is 122 Å². The monoisotopic (exact) mass is 318 g/mol. The third kappa shape index (κ3) is 2.61. The second-order valence-electron chi connectivity index (χ2n) is 4.47. The Kier molecular flexibility index (Phi) is 4.22. The Morgan fingerprint density at radius 1 is 1.50 bits per heavy atom. The number of sulfonamides is 1. The topological polar surface area (TPSA) is 89.7 Å². The number of ether oxygens (including phenoxy) is 1. The molecular weight excluding hydrogens is 304 g/mol. The first kappa shape index (κ1) is 15.1. The minimum atomic E-state index is -3.79.